The first-order valence-corrected chi connectivity index (χ1v) is 6.19. The molecule has 0 radical (unpaired) electrons. The highest BCUT2D eigenvalue weighted by Gasteiger charge is 2.21. The molecule has 2 aromatic heterocycles. The normalized spacial score (nSPS) is 10.6. The monoisotopic (exact) mass is 284 g/mol. The Labute approximate surface area is 112 Å². The molecule has 0 aliphatic heterocycles. The zero-order valence-electron chi connectivity index (χ0n) is 10.4. The van der Waals surface area contributed by atoms with Crippen molar-refractivity contribution in [2.24, 2.45) is 0 Å². The van der Waals surface area contributed by atoms with Gasteiger partial charge in [0, 0.05) is 7.11 Å². The minimum absolute atomic E-state index is 0.0367. The molecule has 102 valence electrons. The number of esters is 1. The highest BCUT2D eigenvalue weighted by Crippen LogP contribution is 2.19. The summed E-state index contributed by atoms with van der Waals surface area (Å²) in [5, 5.41) is 16.3. The number of rotatable bonds is 5. The second kappa shape index (κ2) is 5.71. The number of carbonyl (C=O) groups is 1. The van der Waals surface area contributed by atoms with E-state index in [1.54, 1.807) is 14.0 Å². The number of carbonyl (C=O) groups excluding carboxylic acids is 1. The van der Waals surface area contributed by atoms with Gasteiger partial charge < -0.3 is 15.2 Å². The molecule has 0 aliphatic carbocycles. The molecule has 0 unspecified atom stereocenters. The largest absolute Gasteiger partial charge is 0.461 e. The molecule has 2 rings (SSSR count). The minimum atomic E-state index is -0.618. The number of anilines is 1. The van der Waals surface area contributed by atoms with Gasteiger partial charge in [0.15, 0.2) is 5.82 Å². The molecule has 0 fully saturated rings. The number of nitrogens with zero attached hydrogens (tertiary/aromatic N) is 5. The Bertz CT molecular complexity index is 580. The van der Waals surface area contributed by atoms with Crippen LogP contribution >= 0.6 is 11.3 Å². The van der Waals surface area contributed by atoms with E-state index in [0.717, 1.165) is 0 Å². The summed E-state index contributed by atoms with van der Waals surface area (Å²) in [5.74, 6) is -0.550. The van der Waals surface area contributed by atoms with Gasteiger partial charge in [-0.1, -0.05) is 16.6 Å². The Kier molecular flexibility index (Phi) is 4.02. The molecule has 2 aromatic rings. The molecule has 0 atom stereocenters. The smallest absolute Gasteiger partial charge is 0.362 e. The predicted octanol–water partition coefficient (Wildman–Crippen LogP) is 0.0241. The molecule has 0 bridgehead atoms. The minimum Gasteiger partial charge on any atom is -0.461 e. The summed E-state index contributed by atoms with van der Waals surface area (Å²) in [6.07, 6.45) is 0. The van der Waals surface area contributed by atoms with Crippen LogP contribution in [0.2, 0.25) is 0 Å². The first-order chi connectivity index (χ1) is 9.17. The number of aromatic nitrogens is 5. The van der Waals surface area contributed by atoms with Crippen molar-refractivity contribution in [1.82, 2.24) is 25.2 Å². The average Bonchev–Trinajstić information content (AvgIpc) is 2.96. The van der Waals surface area contributed by atoms with Crippen molar-refractivity contribution < 1.29 is 14.3 Å². The molecule has 0 saturated heterocycles. The Morgan fingerprint density at radius 1 is 1.42 bits per heavy atom. The van der Waals surface area contributed by atoms with Gasteiger partial charge in [0.25, 0.3) is 0 Å². The van der Waals surface area contributed by atoms with Crippen LogP contribution in [0.4, 0.5) is 5.82 Å². The third-order valence-corrected chi connectivity index (χ3v) is 2.95. The van der Waals surface area contributed by atoms with Gasteiger partial charge in [-0.05, 0) is 6.92 Å². The Balaban J connectivity index is 2.27. The maximum atomic E-state index is 11.5. The number of hydrogen-bond donors (Lipinski definition) is 1. The molecule has 2 N–H and O–H groups in total. The van der Waals surface area contributed by atoms with E-state index in [9.17, 15) is 4.79 Å². The van der Waals surface area contributed by atoms with E-state index in [-0.39, 0.29) is 18.1 Å². The zero-order valence-corrected chi connectivity index (χ0v) is 11.2. The number of ether oxygens (including phenoxy) is 2. The van der Waals surface area contributed by atoms with Crippen LogP contribution in [0, 0.1) is 0 Å². The van der Waals surface area contributed by atoms with Crippen LogP contribution in [-0.2, 0) is 16.1 Å². The summed E-state index contributed by atoms with van der Waals surface area (Å²) in [5.41, 5.74) is 5.76. The van der Waals surface area contributed by atoms with Crippen LogP contribution in [0.3, 0.4) is 0 Å². The number of nitrogens with two attached hydrogens (primary N) is 1. The van der Waals surface area contributed by atoms with Crippen LogP contribution in [0.25, 0.3) is 5.13 Å². The van der Waals surface area contributed by atoms with E-state index >= 15 is 0 Å². The van der Waals surface area contributed by atoms with Crippen molar-refractivity contribution in [2.75, 3.05) is 19.5 Å². The van der Waals surface area contributed by atoms with E-state index in [2.05, 4.69) is 20.5 Å². The van der Waals surface area contributed by atoms with Gasteiger partial charge in [-0.3, -0.25) is 0 Å². The lowest BCUT2D eigenvalue weighted by Crippen LogP contribution is -2.09. The highest BCUT2D eigenvalue weighted by molar-refractivity contribution is 7.13. The van der Waals surface area contributed by atoms with Crippen LogP contribution in [0.5, 0.6) is 0 Å². The lowest BCUT2D eigenvalue weighted by Gasteiger charge is -1.99. The molecule has 0 amide bonds. The fourth-order valence-electron chi connectivity index (χ4n) is 1.29. The van der Waals surface area contributed by atoms with Crippen LogP contribution < -0.4 is 5.73 Å². The maximum absolute atomic E-state index is 11.5. The van der Waals surface area contributed by atoms with Crippen molar-refractivity contribution >= 4 is 23.1 Å². The summed E-state index contributed by atoms with van der Waals surface area (Å²) in [6, 6.07) is 0. The average molecular weight is 284 g/mol. The molecule has 0 aliphatic rings. The Morgan fingerprint density at radius 3 is 2.89 bits per heavy atom. The molecule has 0 saturated carbocycles. The number of hydrogen-bond acceptors (Lipinski definition) is 9. The van der Waals surface area contributed by atoms with Gasteiger partial charge in [0.2, 0.25) is 10.8 Å². The first-order valence-electron chi connectivity index (χ1n) is 5.37. The van der Waals surface area contributed by atoms with E-state index in [1.807, 2.05) is 0 Å². The topological polar surface area (TPSA) is 118 Å². The van der Waals surface area contributed by atoms with Gasteiger partial charge in [0.1, 0.15) is 11.6 Å². The summed E-state index contributed by atoms with van der Waals surface area (Å²) in [6.45, 7) is 2.28. The molecular weight excluding hydrogens is 272 g/mol. The summed E-state index contributed by atoms with van der Waals surface area (Å²) >= 11 is 1.24. The Hall–Kier alpha value is -2.07. The quantitative estimate of drug-likeness (QED) is 0.763. The summed E-state index contributed by atoms with van der Waals surface area (Å²) in [7, 11) is 1.56. The maximum Gasteiger partial charge on any atom is 0.362 e. The van der Waals surface area contributed by atoms with Crippen molar-refractivity contribution in [3.8, 4) is 5.13 Å². The van der Waals surface area contributed by atoms with E-state index in [1.165, 1.54) is 16.0 Å². The SMILES string of the molecule is CCOC(=O)c1nnn(-c2nnc(COC)s2)c1N. The van der Waals surface area contributed by atoms with Gasteiger partial charge in [-0.15, -0.1) is 15.3 Å². The van der Waals surface area contributed by atoms with Crippen molar-refractivity contribution in [1.29, 1.82) is 0 Å². The second-order valence-electron chi connectivity index (χ2n) is 3.37. The third kappa shape index (κ3) is 2.69. The molecule has 2 heterocycles. The van der Waals surface area contributed by atoms with Crippen LogP contribution in [0.1, 0.15) is 22.4 Å². The fraction of sp³-hybridized carbons (Fsp3) is 0.444. The highest BCUT2D eigenvalue weighted by atomic mass is 32.1. The molecule has 19 heavy (non-hydrogen) atoms. The van der Waals surface area contributed by atoms with Crippen molar-refractivity contribution in [3.05, 3.63) is 10.7 Å². The molecule has 10 heteroatoms. The van der Waals surface area contributed by atoms with Crippen LogP contribution in [-0.4, -0.2) is 44.9 Å². The molecule has 0 aromatic carbocycles. The standard InChI is InChI=1S/C9H12N6O3S/c1-3-18-8(16)6-7(10)15(14-12-6)9-13-11-5(19-9)4-17-2/h3-4,10H2,1-2H3. The second-order valence-corrected chi connectivity index (χ2v) is 4.41. The first kappa shape index (κ1) is 13.4. The molecular formula is C9H12N6O3S. The lowest BCUT2D eigenvalue weighted by atomic mass is 10.4. The number of nitrogen functional groups attached to an aromatic ring is 1. The van der Waals surface area contributed by atoms with E-state index < -0.39 is 5.97 Å². The van der Waals surface area contributed by atoms with E-state index in [0.29, 0.717) is 16.7 Å². The van der Waals surface area contributed by atoms with E-state index in [4.69, 9.17) is 15.2 Å². The van der Waals surface area contributed by atoms with Gasteiger partial charge >= 0.3 is 5.97 Å². The lowest BCUT2D eigenvalue weighted by molar-refractivity contribution is 0.0520. The van der Waals surface area contributed by atoms with Gasteiger partial charge in [-0.25, -0.2) is 4.79 Å². The fourth-order valence-corrected chi connectivity index (χ4v) is 2.06. The summed E-state index contributed by atoms with van der Waals surface area (Å²) < 4.78 is 11.0. The Morgan fingerprint density at radius 2 is 2.21 bits per heavy atom. The van der Waals surface area contributed by atoms with Gasteiger partial charge in [0.05, 0.1) is 6.61 Å². The van der Waals surface area contributed by atoms with Gasteiger partial charge in [-0.2, -0.15) is 4.68 Å². The number of methoxy groups -OCH3 is 1. The van der Waals surface area contributed by atoms with Crippen molar-refractivity contribution in [2.45, 2.75) is 13.5 Å². The molecule has 9 nitrogen and oxygen atoms in total. The predicted molar refractivity (Wildman–Crippen MR) is 65.9 cm³/mol. The van der Waals surface area contributed by atoms with Crippen molar-refractivity contribution in [3.63, 3.8) is 0 Å². The summed E-state index contributed by atoms with van der Waals surface area (Å²) in [4.78, 5) is 11.5. The van der Waals surface area contributed by atoms with Crippen LogP contribution in [0.15, 0.2) is 0 Å². The molecule has 0 spiro atoms. The third-order valence-electron chi connectivity index (χ3n) is 2.08. The zero-order chi connectivity index (χ0) is 13.8.